The highest BCUT2D eigenvalue weighted by Crippen LogP contribution is 2.44. The fourth-order valence-electron chi connectivity index (χ4n) is 1.39. The van der Waals surface area contributed by atoms with Crippen LogP contribution >= 0.6 is 23.4 Å². The minimum absolute atomic E-state index is 0.0763. The smallest absolute Gasteiger partial charge is 0.155 e. The van der Waals surface area contributed by atoms with E-state index in [9.17, 15) is 0 Å². The molecule has 1 heterocycles. The van der Waals surface area contributed by atoms with Crippen LogP contribution in [0.1, 0.15) is 6.92 Å². The lowest BCUT2D eigenvalue weighted by molar-refractivity contribution is 0.918. The largest absolute Gasteiger partial charge is 0.346 e. The second kappa shape index (κ2) is 3.19. The topological polar surface area (TPSA) is 3.24 Å². The molecule has 0 amide bonds. The first-order chi connectivity index (χ1) is 5.83. The third-order valence-electron chi connectivity index (χ3n) is 1.98. The molecule has 1 unspecified atom stereocenters. The minimum Gasteiger partial charge on any atom is -0.346 e. The lowest BCUT2D eigenvalue weighted by Gasteiger charge is -2.19. The van der Waals surface area contributed by atoms with Crippen LogP contribution < -0.4 is 4.90 Å². The molecule has 1 aromatic carbocycles. The van der Waals surface area contributed by atoms with E-state index in [1.54, 1.807) is 11.8 Å². The van der Waals surface area contributed by atoms with Gasteiger partial charge in [0.25, 0.3) is 0 Å². The Morgan fingerprint density at radius 2 is 2.25 bits per heavy atom. The first kappa shape index (κ1) is 8.27. The Labute approximate surface area is 81.7 Å². The molecule has 1 aromatic rings. The zero-order valence-corrected chi connectivity index (χ0v) is 8.40. The average Bonchev–Trinajstić information content (AvgIpc) is 2.40. The Morgan fingerprint density at radius 1 is 1.50 bits per heavy atom. The van der Waals surface area contributed by atoms with Gasteiger partial charge in [-0.3, -0.25) is 0 Å². The van der Waals surface area contributed by atoms with Crippen molar-refractivity contribution in [2.45, 2.75) is 16.7 Å². The van der Waals surface area contributed by atoms with Crippen molar-refractivity contribution >= 4 is 29.1 Å². The summed E-state index contributed by atoms with van der Waals surface area (Å²) in [5, 5.41) is 0. The van der Waals surface area contributed by atoms with Crippen molar-refractivity contribution in [2.24, 2.45) is 0 Å². The molecule has 64 valence electrons. The number of benzene rings is 1. The van der Waals surface area contributed by atoms with E-state index in [0.29, 0.717) is 0 Å². The van der Waals surface area contributed by atoms with Crippen LogP contribution in [0.15, 0.2) is 29.2 Å². The molecule has 1 nitrogen and oxygen atoms in total. The standard InChI is InChI=1S/C9H10ClNS/c1-2-11-7-5-3-4-6-8(7)12-9(11)10/h3-6,9H,2H2,1H3. The second-order valence-electron chi connectivity index (χ2n) is 2.66. The Balaban J connectivity index is 2.40. The number of thioether (sulfide) groups is 1. The van der Waals surface area contributed by atoms with Gasteiger partial charge in [0.1, 0.15) is 0 Å². The maximum atomic E-state index is 6.13. The van der Waals surface area contributed by atoms with E-state index in [1.807, 2.05) is 0 Å². The number of halogens is 1. The molecule has 3 heteroatoms. The summed E-state index contributed by atoms with van der Waals surface area (Å²) in [6.07, 6.45) is 0. The summed E-state index contributed by atoms with van der Waals surface area (Å²) in [5.74, 6) is 0. The van der Waals surface area contributed by atoms with Crippen molar-refractivity contribution in [3.05, 3.63) is 24.3 Å². The Bertz CT molecular complexity index is 290. The summed E-state index contributed by atoms with van der Waals surface area (Å²) in [4.78, 5) is 3.56. The van der Waals surface area contributed by atoms with Gasteiger partial charge in [-0.05, 0) is 19.1 Å². The average molecular weight is 200 g/mol. The van der Waals surface area contributed by atoms with Crippen LogP contribution in [0.3, 0.4) is 0 Å². The normalized spacial score (nSPS) is 21.2. The fourth-order valence-corrected chi connectivity index (χ4v) is 2.98. The van der Waals surface area contributed by atoms with E-state index in [1.165, 1.54) is 10.6 Å². The van der Waals surface area contributed by atoms with Gasteiger partial charge in [-0.15, -0.1) is 0 Å². The van der Waals surface area contributed by atoms with Crippen LogP contribution in [0.4, 0.5) is 5.69 Å². The fraction of sp³-hybridized carbons (Fsp3) is 0.333. The van der Waals surface area contributed by atoms with Gasteiger partial charge < -0.3 is 4.90 Å². The van der Waals surface area contributed by atoms with Crippen LogP contribution in [0.5, 0.6) is 0 Å². The van der Waals surface area contributed by atoms with Crippen molar-refractivity contribution in [1.29, 1.82) is 0 Å². The predicted octanol–water partition coefficient (Wildman–Crippen LogP) is 3.14. The van der Waals surface area contributed by atoms with Gasteiger partial charge >= 0.3 is 0 Å². The van der Waals surface area contributed by atoms with E-state index in [2.05, 4.69) is 36.1 Å². The minimum atomic E-state index is 0.0763. The SMILES string of the molecule is CCN1c2ccccc2SC1Cl. The molecule has 0 N–H and O–H groups in total. The van der Waals surface area contributed by atoms with Gasteiger partial charge in [-0.25, -0.2) is 0 Å². The summed E-state index contributed by atoms with van der Waals surface area (Å²) in [6.45, 7) is 3.09. The molecule has 1 aliphatic heterocycles. The number of rotatable bonds is 1. The predicted molar refractivity (Wildman–Crippen MR) is 55.0 cm³/mol. The molecule has 1 atom stereocenters. The first-order valence-electron chi connectivity index (χ1n) is 3.99. The highest BCUT2D eigenvalue weighted by Gasteiger charge is 2.26. The van der Waals surface area contributed by atoms with E-state index in [-0.39, 0.29) is 4.83 Å². The van der Waals surface area contributed by atoms with Gasteiger partial charge in [0.2, 0.25) is 0 Å². The molecule has 0 fully saturated rings. The Morgan fingerprint density at radius 3 is 3.00 bits per heavy atom. The summed E-state index contributed by atoms with van der Waals surface area (Å²) < 4.78 is 0. The van der Waals surface area contributed by atoms with Crippen LogP contribution in [-0.2, 0) is 0 Å². The third-order valence-corrected chi connectivity index (χ3v) is 3.54. The molecule has 0 aliphatic carbocycles. The Kier molecular flexibility index (Phi) is 2.20. The van der Waals surface area contributed by atoms with E-state index in [0.717, 1.165) is 6.54 Å². The number of hydrogen-bond donors (Lipinski definition) is 0. The van der Waals surface area contributed by atoms with E-state index >= 15 is 0 Å². The molecule has 0 saturated heterocycles. The van der Waals surface area contributed by atoms with Crippen molar-refractivity contribution in [1.82, 2.24) is 0 Å². The number of para-hydroxylation sites is 1. The number of hydrogen-bond acceptors (Lipinski definition) is 2. The summed E-state index contributed by atoms with van der Waals surface area (Å²) in [6, 6.07) is 8.34. The van der Waals surface area contributed by atoms with Crippen LogP contribution in [0.25, 0.3) is 0 Å². The quantitative estimate of drug-likeness (QED) is 0.505. The zero-order chi connectivity index (χ0) is 8.55. The number of anilines is 1. The van der Waals surface area contributed by atoms with Crippen molar-refractivity contribution in [3.8, 4) is 0 Å². The van der Waals surface area contributed by atoms with Crippen LogP contribution in [-0.4, -0.2) is 11.4 Å². The summed E-state index contributed by atoms with van der Waals surface area (Å²) in [7, 11) is 0. The van der Waals surface area contributed by atoms with Crippen LogP contribution in [0, 0.1) is 0 Å². The van der Waals surface area contributed by atoms with Crippen molar-refractivity contribution < 1.29 is 0 Å². The molecule has 0 saturated carbocycles. The van der Waals surface area contributed by atoms with Crippen molar-refractivity contribution in [3.63, 3.8) is 0 Å². The lowest BCUT2D eigenvalue weighted by atomic mass is 10.3. The van der Waals surface area contributed by atoms with Gasteiger partial charge in [-0.2, -0.15) is 0 Å². The number of alkyl halides is 1. The number of fused-ring (bicyclic) bond motifs is 1. The molecule has 0 bridgehead atoms. The van der Waals surface area contributed by atoms with Gasteiger partial charge in [0.05, 0.1) is 5.69 Å². The highest BCUT2D eigenvalue weighted by atomic mass is 35.5. The number of nitrogens with zero attached hydrogens (tertiary/aromatic N) is 1. The molecule has 12 heavy (non-hydrogen) atoms. The van der Waals surface area contributed by atoms with Gasteiger partial charge in [0, 0.05) is 11.4 Å². The molecule has 2 rings (SSSR count). The monoisotopic (exact) mass is 199 g/mol. The van der Waals surface area contributed by atoms with Crippen molar-refractivity contribution in [2.75, 3.05) is 11.4 Å². The van der Waals surface area contributed by atoms with Gasteiger partial charge in [0.15, 0.2) is 4.83 Å². The molecular weight excluding hydrogens is 190 g/mol. The second-order valence-corrected chi connectivity index (χ2v) is 4.46. The molecular formula is C9H10ClNS. The third kappa shape index (κ3) is 1.19. The van der Waals surface area contributed by atoms with Gasteiger partial charge in [-0.1, -0.05) is 35.5 Å². The zero-order valence-electron chi connectivity index (χ0n) is 6.83. The highest BCUT2D eigenvalue weighted by molar-refractivity contribution is 8.01. The van der Waals surface area contributed by atoms with Crippen LogP contribution in [0.2, 0.25) is 0 Å². The van der Waals surface area contributed by atoms with E-state index < -0.39 is 0 Å². The molecule has 1 aliphatic rings. The molecule has 0 aromatic heterocycles. The lowest BCUT2D eigenvalue weighted by Crippen LogP contribution is -2.24. The summed E-state index contributed by atoms with van der Waals surface area (Å²) >= 11 is 7.85. The first-order valence-corrected chi connectivity index (χ1v) is 5.31. The maximum absolute atomic E-state index is 6.13. The maximum Gasteiger partial charge on any atom is 0.155 e. The Hall–Kier alpha value is -0.340. The molecule has 0 radical (unpaired) electrons. The summed E-state index contributed by atoms with van der Waals surface area (Å²) in [5.41, 5.74) is 1.27. The van der Waals surface area contributed by atoms with E-state index in [4.69, 9.17) is 11.6 Å². The molecule has 0 spiro atoms.